The summed E-state index contributed by atoms with van der Waals surface area (Å²) in [5.41, 5.74) is 3.71. The topological polar surface area (TPSA) is 116 Å². The van der Waals surface area contributed by atoms with Crippen LogP contribution in [0.15, 0.2) is 78.9 Å². The number of hydrogen-bond acceptors (Lipinski definition) is 6. The molecule has 1 aliphatic rings. The van der Waals surface area contributed by atoms with E-state index in [1.165, 1.54) is 0 Å². The highest BCUT2D eigenvalue weighted by Gasteiger charge is 2.35. The molecule has 0 spiro atoms. The van der Waals surface area contributed by atoms with Gasteiger partial charge in [0.1, 0.15) is 5.75 Å². The van der Waals surface area contributed by atoms with Crippen molar-refractivity contribution in [3.8, 4) is 5.75 Å². The smallest absolute Gasteiger partial charge is 0.306 e. The van der Waals surface area contributed by atoms with Gasteiger partial charge in [-0.2, -0.15) is 0 Å². The molecule has 1 amide bonds. The highest BCUT2D eigenvalue weighted by atomic mass is 16.5. The van der Waals surface area contributed by atoms with Crippen molar-refractivity contribution in [1.82, 2.24) is 5.32 Å². The summed E-state index contributed by atoms with van der Waals surface area (Å²) in [5.74, 6) is -1.62. The lowest BCUT2D eigenvalue weighted by Gasteiger charge is -2.28. The van der Waals surface area contributed by atoms with E-state index in [0.717, 1.165) is 22.3 Å². The van der Waals surface area contributed by atoms with Crippen LogP contribution < -0.4 is 5.32 Å². The van der Waals surface area contributed by atoms with Crippen LogP contribution in [0.4, 0.5) is 0 Å². The zero-order valence-corrected chi connectivity index (χ0v) is 22.2. The monoisotopic (exact) mass is 531 g/mol. The van der Waals surface area contributed by atoms with Gasteiger partial charge >= 0.3 is 5.97 Å². The number of amides is 1. The predicted molar refractivity (Wildman–Crippen MR) is 148 cm³/mol. The Morgan fingerprint density at radius 1 is 0.949 bits per heavy atom. The fraction of sp³-hybridized carbons (Fsp3) is 0.375. The number of rotatable bonds is 12. The van der Waals surface area contributed by atoms with Gasteiger partial charge in [-0.3, -0.25) is 9.59 Å². The minimum atomic E-state index is -0.955. The molecule has 3 aromatic rings. The van der Waals surface area contributed by atoms with Gasteiger partial charge in [0.05, 0.1) is 31.3 Å². The van der Waals surface area contributed by atoms with Crippen LogP contribution in [0.2, 0.25) is 0 Å². The zero-order chi connectivity index (χ0) is 27.8. The summed E-state index contributed by atoms with van der Waals surface area (Å²) in [6.07, 6.45) is -0.289. The molecule has 4 N–H and O–H groups in total. The molecule has 0 bridgehead atoms. The molecule has 0 aromatic heterocycles. The van der Waals surface area contributed by atoms with E-state index in [0.29, 0.717) is 19.3 Å². The lowest BCUT2D eigenvalue weighted by Crippen LogP contribution is -2.40. The van der Waals surface area contributed by atoms with E-state index in [-0.39, 0.29) is 37.1 Å². The molecule has 7 heteroatoms. The lowest BCUT2D eigenvalue weighted by molar-refractivity contribution is -0.145. The molecule has 1 aliphatic carbocycles. The maximum Gasteiger partial charge on any atom is 0.306 e. The van der Waals surface area contributed by atoms with Gasteiger partial charge < -0.3 is 25.4 Å². The van der Waals surface area contributed by atoms with Crippen molar-refractivity contribution in [2.75, 3.05) is 6.61 Å². The van der Waals surface area contributed by atoms with Crippen LogP contribution in [0.1, 0.15) is 48.1 Å². The van der Waals surface area contributed by atoms with Gasteiger partial charge in [0.15, 0.2) is 0 Å². The van der Waals surface area contributed by atoms with E-state index < -0.39 is 30.1 Å². The summed E-state index contributed by atoms with van der Waals surface area (Å²) in [6.45, 7) is 2.00. The molecule has 5 atom stereocenters. The van der Waals surface area contributed by atoms with Gasteiger partial charge in [-0.25, -0.2) is 0 Å². The maximum atomic E-state index is 13.7. The number of aliphatic hydroxyl groups excluding tert-OH is 2. The molecule has 0 heterocycles. The Morgan fingerprint density at radius 3 is 2.33 bits per heavy atom. The number of aromatic hydroxyl groups is 1. The number of aliphatic hydroxyl groups is 2. The average Bonchev–Trinajstić information content (AvgIpc) is 3.24. The first kappa shape index (κ1) is 28.3. The largest absolute Gasteiger partial charge is 0.508 e. The van der Waals surface area contributed by atoms with E-state index in [4.69, 9.17) is 4.74 Å². The standard InChI is InChI=1S/C32H37NO6/c1-2-39-30(37)20-24(16-21-8-4-3-5-9-21)28(35)19-25(17-22-12-14-26(34)15-13-22)32(38)33-31-27-11-7-6-10-23(27)18-29(31)36/h3-15,24-25,28-29,31,34-36H,2,16-20H2,1H3,(H,33,38)/t24-,25-,28+,29-,31+/m1/s1. The Kier molecular flexibility index (Phi) is 9.74. The molecular weight excluding hydrogens is 494 g/mol. The fourth-order valence-electron chi connectivity index (χ4n) is 5.40. The molecule has 0 saturated heterocycles. The molecule has 3 aromatic carbocycles. The van der Waals surface area contributed by atoms with Crippen molar-refractivity contribution < 1.29 is 29.6 Å². The van der Waals surface area contributed by atoms with E-state index in [9.17, 15) is 24.9 Å². The van der Waals surface area contributed by atoms with E-state index >= 15 is 0 Å². The second kappa shape index (κ2) is 13.4. The predicted octanol–water partition coefficient (Wildman–Crippen LogP) is 3.89. The summed E-state index contributed by atoms with van der Waals surface area (Å²) in [4.78, 5) is 26.1. The first-order chi connectivity index (χ1) is 18.8. The third kappa shape index (κ3) is 7.68. The lowest BCUT2D eigenvalue weighted by atomic mass is 9.83. The minimum Gasteiger partial charge on any atom is -0.508 e. The maximum absolute atomic E-state index is 13.7. The summed E-state index contributed by atoms with van der Waals surface area (Å²) in [7, 11) is 0. The zero-order valence-electron chi connectivity index (χ0n) is 22.2. The number of hydrogen-bond donors (Lipinski definition) is 4. The average molecular weight is 532 g/mol. The molecule has 7 nitrogen and oxygen atoms in total. The second-order valence-corrected chi connectivity index (χ2v) is 10.3. The molecule has 0 saturated carbocycles. The Morgan fingerprint density at radius 2 is 1.62 bits per heavy atom. The van der Waals surface area contributed by atoms with E-state index in [1.807, 2.05) is 54.6 Å². The Balaban J connectivity index is 1.55. The van der Waals surface area contributed by atoms with Crippen molar-refractivity contribution in [2.24, 2.45) is 11.8 Å². The highest BCUT2D eigenvalue weighted by Crippen LogP contribution is 2.32. The minimum absolute atomic E-state index is 0.0339. The summed E-state index contributed by atoms with van der Waals surface area (Å²) < 4.78 is 5.17. The van der Waals surface area contributed by atoms with Crippen LogP contribution in [0.25, 0.3) is 0 Å². The first-order valence-corrected chi connectivity index (χ1v) is 13.6. The van der Waals surface area contributed by atoms with Gasteiger partial charge in [-0.1, -0.05) is 66.7 Å². The molecule has 0 unspecified atom stereocenters. The van der Waals surface area contributed by atoms with Crippen molar-refractivity contribution in [1.29, 1.82) is 0 Å². The van der Waals surface area contributed by atoms with E-state index in [1.54, 1.807) is 31.2 Å². The fourth-order valence-corrected chi connectivity index (χ4v) is 5.40. The number of carbonyl (C=O) groups excluding carboxylic acids is 2. The molecule has 206 valence electrons. The number of phenols is 1. The van der Waals surface area contributed by atoms with Gasteiger partial charge in [-0.15, -0.1) is 0 Å². The van der Waals surface area contributed by atoms with Crippen LogP contribution >= 0.6 is 0 Å². The van der Waals surface area contributed by atoms with Gasteiger partial charge in [0, 0.05) is 12.3 Å². The number of nitrogens with one attached hydrogen (secondary N) is 1. The quantitative estimate of drug-likeness (QED) is 0.264. The highest BCUT2D eigenvalue weighted by molar-refractivity contribution is 5.80. The molecule has 0 aliphatic heterocycles. The number of fused-ring (bicyclic) bond motifs is 1. The third-order valence-corrected chi connectivity index (χ3v) is 7.44. The number of carbonyl (C=O) groups is 2. The Bertz CT molecular complexity index is 1230. The number of phenolic OH excluding ortho intramolecular Hbond substituents is 1. The first-order valence-electron chi connectivity index (χ1n) is 13.6. The summed E-state index contributed by atoms with van der Waals surface area (Å²) >= 11 is 0. The second-order valence-electron chi connectivity index (χ2n) is 10.3. The van der Waals surface area contributed by atoms with Crippen LogP contribution in [-0.2, 0) is 33.6 Å². The van der Waals surface area contributed by atoms with Gasteiger partial charge in [0.2, 0.25) is 5.91 Å². The Labute approximate surface area is 229 Å². The molecule has 0 radical (unpaired) electrons. The van der Waals surface area contributed by atoms with Crippen molar-refractivity contribution in [3.63, 3.8) is 0 Å². The van der Waals surface area contributed by atoms with Crippen LogP contribution in [0, 0.1) is 11.8 Å². The van der Waals surface area contributed by atoms with Crippen molar-refractivity contribution in [3.05, 3.63) is 101 Å². The summed E-state index contributed by atoms with van der Waals surface area (Å²) in [5, 5.41) is 34.9. The number of esters is 1. The number of ether oxygens (including phenoxy) is 1. The number of benzene rings is 3. The molecule has 4 rings (SSSR count). The van der Waals surface area contributed by atoms with E-state index in [2.05, 4.69) is 5.32 Å². The summed E-state index contributed by atoms with van der Waals surface area (Å²) in [6, 6.07) is 23.4. The third-order valence-electron chi connectivity index (χ3n) is 7.44. The van der Waals surface area contributed by atoms with Crippen LogP contribution in [0.3, 0.4) is 0 Å². The molecule has 39 heavy (non-hydrogen) atoms. The molecular formula is C32H37NO6. The van der Waals surface area contributed by atoms with Gasteiger partial charge in [0.25, 0.3) is 0 Å². The van der Waals surface area contributed by atoms with Crippen molar-refractivity contribution >= 4 is 11.9 Å². The molecule has 0 fully saturated rings. The van der Waals surface area contributed by atoms with Gasteiger partial charge in [-0.05, 0) is 66.5 Å². The van der Waals surface area contributed by atoms with Crippen molar-refractivity contribution in [2.45, 2.75) is 57.3 Å². The van der Waals surface area contributed by atoms with Crippen LogP contribution in [0.5, 0.6) is 5.75 Å². The SMILES string of the molecule is CCOC(=O)C[C@@H](Cc1ccccc1)[C@@H](O)C[C@@H](Cc1ccc(O)cc1)C(=O)N[C@H]1c2ccccc2C[C@H]1O. The van der Waals surface area contributed by atoms with Crippen LogP contribution in [-0.4, -0.2) is 46.0 Å². The normalized spacial score (nSPS) is 18.5. The Hall–Kier alpha value is -3.68.